The average molecular weight is 399 g/mol. The number of carbonyl (C=O) groups is 3. The third-order valence-corrected chi connectivity index (χ3v) is 5.41. The van der Waals surface area contributed by atoms with Crippen molar-refractivity contribution in [1.82, 2.24) is 20.5 Å². The monoisotopic (exact) mass is 398 g/mol. The maximum Gasteiger partial charge on any atom is 0.325 e. The minimum atomic E-state index is -0.652. The van der Waals surface area contributed by atoms with Crippen LogP contribution < -0.4 is 10.6 Å². The number of nitrogens with zero attached hydrogens (tertiary/aromatic N) is 1. The van der Waals surface area contributed by atoms with Crippen LogP contribution in [-0.4, -0.2) is 46.4 Å². The minimum absolute atomic E-state index is 0.0298. The van der Waals surface area contributed by atoms with E-state index in [1.54, 1.807) is 0 Å². The van der Waals surface area contributed by atoms with Gasteiger partial charge in [-0.1, -0.05) is 50.8 Å². The van der Waals surface area contributed by atoms with E-state index < -0.39 is 12.1 Å². The van der Waals surface area contributed by atoms with E-state index in [1.165, 1.54) is 12.8 Å². The third-order valence-electron chi connectivity index (χ3n) is 5.41. The number of aromatic amines is 1. The minimum Gasteiger partial charge on any atom is -0.361 e. The smallest absolute Gasteiger partial charge is 0.325 e. The van der Waals surface area contributed by atoms with Gasteiger partial charge in [0.15, 0.2) is 0 Å². The van der Waals surface area contributed by atoms with E-state index in [0.29, 0.717) is 6.42 Å². The van der Waals surface area contributed by atoms with Crippen molar-refractivity contribution in [2.45, 2.75) is 64.5 Å². The molecule has 0 spiro atoms. The van der Waals surface area contributed by atoms with E-state index in [2.05, 4.69) is 22.5 Å². The molecule has 1 fully saturated rings. The lowest BCUT2D eigenvalue weighted by Gasteiger charge is -2.17. The Balaban J connectivity index is 1.53. The molecule has 4 amide bonds. The molecule has 1 aromatic heterocycles. The van der Waals surface area contributed by atoms with Gasteiger partial charge in [-0.15, -0.1) is 0 Å². The zero-order chi connectivity index (χ0) is 20.8. The van der Waals surface area contributed by atoms with E-state index in [0.717, 1.165) is 40.6 Å². The molecule has 156 valence electrons. The van der Waals surface area contributed by atoms with Gasteiger partial charge < -0.3 is 15.6 Å². The number of unbranched alkanes of at least 4 members (excludes halogenated alkanes) is 3. The first-order valence-corrected chi connectivity index (χ1v) is 10.5. The fourth-order valence-electron chi connectivity index (χ4n) is 3.80. The summed E-state index contributed by atoms with van der Waals surface area (Å²) in [6.07, 6.45) is 7.73. The summed E-state index contributed by atoms with van der Waals surface area (Å²) >= 11 is 0. The van der Waals surface area contributed by atoms with E-state index in [1.807, 2.05) is 37.4 Å². The van der Waals surface area contributed by atoms with Gasteiger partial charge in [-0.2, -0.15) is 0 Å². The molecule has 1 saturated heterocycles. The quantitative estimate of drug-likeness (QED) is 0.424. The van der Waals surface area contributed by atoms with Crippen LogP contribution in [-0.2, 0) is 16.0 Å². The summed E-state index contributed by atoms with van der Waals surface area (Å²) in [6.45, 7) is 3.87. The molecule has 1 aliphatic rings. The van der Waals surface area contributed by atoms with E-state index in [-0.39, 0.29) is 24.4 Å². The van der Waals surface area contributed by atoms with Crippen molar-refractivity contribution in [3.8, 4) is 0 Å². The Hall–Kier alpha value is -2.83. The number of rotatable bonds is 10. The summed E-state index contributed by atoms with van der Waals surface area (Å²) in [6, 6.07) is 6.70. The number of fused-ring (bicyclic) bond motifs is 1. The van der Waals surface area contributed by atoms with Gasteiger partial charge in [0.1, 0.15) is 12.6 Å². The fraction of sp³-hybridized carbons (Fsp3) is 0.500. The van der Waals surface area contributed by atoms with Crippen LogP contribution in [0.25, 0.3) is 10.9 Å². The van der Waals surface area contributed by atoms with E-state index in [9.17, 15) is 14.4 Å². The first kappa shape index (κ1) is 20.9. The Bertz CT molecular complexity index is 876. The summed E-state index contributed by atoms with van der Waals surface area (Å²) in [4.78, 5) is 41.4. The lowest BCUT2D eigenvalue weighted by atomic mass is 10.1. The molecule has 1 aromatic carbocycles. The number of aromatic nitrogens is 1. The van der Waals surface area contributed by atoms with Crippen LogP contribution in [0.1, 0.15) is 51.5 Å². The lowest BCUT2D eigenvalue weighted by Crippen LogP contribution is -2.43. The highest BCUT2D eigenvalue weighted by atomic mass is 16.2. The van der Waals surface area contributed by atoms with Crippen molar-refractivity contribution in [3.63, 3.8) is 0 Å². The summed E-state index contributed by atoms with van der Waals surface area (Å²) in [5, 5.41) is 6.63. The standard InChI is InChI=1S/C22H30N4O3/c1-3-4-5-6-9-15(2)24-20(27)14-26-21(28)19(25-22(26)29)12-16-13-23-18-11-8-7-10-17(16)18/h7-8,10-11,13,15,19,23H,3-6,9,12,14H2,1-2H3,(H,24,27)(H,25,29). The molecule has 2 aromatic rings. The van der Waals surface area contributed by atoms with Gasteiger partial charge in [0.05, 0.1) is 0 Å². The number of urea groups is 1. The van der Waals surface area contributed by atoms with Crippen molar-refractivity contribution in [3.05, 3.63) is 36.0 Å². The summed E-state index contributed by atoms with van der Waals surface area (Å²) in [5.41, 5.74) is 1.95. The number of nitrogens with one attached hydrogen (secondary N) is 3. The number of carbonyl (C=O) groups excluding carboxylic acids is 3. The third kappa shape index (κ3) is 5.16. The van der Waals surface area contributed by atoms with Crippen molar-refractivity contribution in [2.24, 2.45) is 0 Å². The molecule has 2 atom stereocenters. The molecule has 3 N–H and O–H groups in total. The lowest BCUT2D eigenvalue weighted by molar-refractivity contribution is -0.132. The van der Waals surface area contributed by atoms with Gasteiger partial charge in [-0.3, -0.25) is 14.5 Å². The first-order chi connectivity index (χ1) is 14.0. The highest BCUT2D eigenvalue weighted by molar-refractivity contribution is 6.06. The van der Waals surface area contributed by atoms with Crippen LogP contribution in [0.4, 0.5) is 4.79 Å². The molecule has 0 bridgehead atoms. The first-order valence-electron chi connectivity index (χ1n) is 10.5. The van der Waals surface area contributed by atoms with Crippen molar-refractivity contribution in [2.75, 3.05) is 6.54 Å². The molecular weight excluding hydrogens is 368 g/mol. The number of imide groups is 1. The molecule has 0 saturated carbocycles. The number of para-hydroxylation sites is 1. The van der Waals surface area contributed by atoms with E-state index in [4.69, 9.17) is 0 Å². The van der Waals surface area contributed by atoms with Crippen molar-refractivity contribution < 1.29 is 14.4 Å². The molecule has 0 radical (unpaired) electrons. The van der Waals surface area contributed by atoms with Crippen LogP contribution in [0.2, 0.25) is 0 Å². The zero-order valence-electron chi connectivity index (χ0n) is 17.2. The van der Waals surface area contributed by atoms with Crippen LogP contribution in [0.3, 0.4) is 0 Å². The Morgan fingerprint density at radius 1 is 1.21 bits per heavy atom. The SMILES string of the molecule is CCCCCCC(C)NC(=O)CN1C(=O)NC(Cc2c[nH]c3ccccc23)C1=O. The molecule has 7 heteroatoms. The Kier molecular flexibility index (Phi) is 6.90. The maximum atomic E-state index is 12.7. The van der Waals surface area contributed by atoms with Crippen LogP contribution >= 0.6 is 0 Å². The van der Waals surface area contributed by atoms with Gasteiger partial charge in [0, 0.05) is 29.6 Å². The molecular formula is C22H30N4O3. The Morgan fingerprint density at radius 2 is 2.00 bits per heavy atom. The highest BCUT2D eigenvalue weighted by Crippen LogP contribution is 2.21. The Labute approximate surface area is 171 Å². The number of benzene rings is 1. The second-order valence-electron chi connectivity index (χ2n) is 7.81. The molecule has 7 nitrogen and oxygen atoms in total. The largest absolute Gasteiger partial charge is 0.361 e. The van der Waals surface area contributed by atoms with Crippen molar-refractivity contribution >= 4 is 28.7 Å². The van der Waals surface area contributed by atoms with Gasteiger partial charge in [0.25, 0.3) is 5.91 Å². The second-order valence-corrected chi connectivity index (χ2v) is 7.81. The molecule has 29 heavy (non-hydrogen) atoms. The molecule has 1 aliphatic heterocycles. The van der Waals surface area contributed by atoms with Crippen LogP contribution in [0, 0.1) is 0 Å². The Morgan fingerprint density at radius 3 is 2.79 bits per heavy atom. The molecule has 0 aliphatic carbocycles. The van der Waals surface area contributed by atoms with Crippen LogP contribution in [0.5, 0.6) is 0 Å². The van der Waals surface area contributed by atoms with Gasteiger partial charge in [-0.05, 0) is 25.0 Å². The fourth-order valence-corrected chi connectivity index (χ4v) is 3.80. The number of amides is 4. The summed E-state index contributed by atoms with van der Waals surface area (Å²) < 4.78 is 0. The predicted molar refractivity (Wildman–Crippen MR) is 112 cm³/mol. The number of hydrogen-bond acceptors (Lipinski definition) is 3. The van der Waals surface area contributed by atoms with Gasteiger partial charge in [-0.25, -0.2) is 4.79 Å². The molecule has 3 rings (SSSR count). The molecule has 2 unspecified atom stereocenters. The summed E-state index contributed by atoms with van der Waals surface area (Å²) in [7, 11) is 0. The molecule has 2 heterocycles. The van der Waals surface area contributed by atoms with Crippen molar-refractivity contribution in [1.29, 1.82) is 0 Å². The second kappa shape index (κ2) is 9.58. The highest BCUT2D eigenvalue weighted by Gasteiger charge is 2.39. The zero-order valence-corrected chi connectivity index (χ0v) is 17.2. The van der Waals surface area contributed by atoms with Gasteiger partial charge in [0.2, 0.25) is 5.91 Å². The average Bonchev–Trinajstić information content (AvgIpc) is 3.22. The topological polar surface area (TPSA) is 94.3 Å². The maximum absolute atomic E-state index is 12.7. The normalized spacial score (nSPS) is 17.6. The predicted octanol–water partition coefficient (Wildman–Crippen LogP) is 3.11. The van der Waals surface area contributed by atoms with Gasteiger partial charge >= 0.3 is 6.03 Å². The van der Waals surface area contributed by atoms with E-state index >= 15 is 0 Å². The van der Waals surface area contributed by atoms with Crippen LogP contribution in [0.15, 0.2) is 30.5 Å². The summed E-state index contributed by atoms with van der Waals surface area (Å²) in [5.74, 6) is -0.657. The number of hydrogen-bond donors (Lipinski definition) is 3. The number of H-pyrrole nitrogens is 1.